The van der Waals surface area contributed by atoms with Crippen molar-refractivity contribution in [1.82, 2.24) is 9.80 Å². The predicted molar refractivity (Wildman–Crippen MR) is 132 cm³/mol. The Morgan fingerprint density at radius 1 is 1.09 bits per heavy atom. The van der Waals surface area contributed by atoms with Gasteiger partial charge in [-0.05, 0) is 62.8 Å². The smallest absolute Gasteiger partial charge is 0.337 e. The number of benzene rings is 2. The highest BCUT2D eigenvalue weighted by Crippen LogP contribution is 2.41. The number of aliphatic hydroxyl groups excluding tert-OH is 1. The van der Waals surface area contributed by atoms with E-state index in [1.165, 1.54) is 18.1 Å². The Hall–Kier alpha value is -3.65. The number of phenols is 1. The largest absolute Gasteiger partial charge is 0.507 e. The summed E-state index contributed by atoms with van der Waals surface area (Å²) >= 11 is 0. The Morgan fingerprint density at radius 3 is 2.34 bits per heavy atom. The van der Waals surface area contributed by atoms with E-state index in [1.54, 1.807) is 43.3 Å². The van der Waals surface area contributed by atoms with Gasteiger partial charge in [0.15, 0.2) is 0 Å². The summed E-state index contributed by atoms with van der Waals surface area (Å²) in [6.07, 6.45) is 0.640. The SMILES string of the molecule is CCN(CC)CCCN1C(=O)C(=O)/C(=C(/O)c2cc(C)ccc2O)C1c1ccc(C(=O)OC)cc1. The Bertz CT molecular complexity index is 1130. The second-order valence-electron chi connectivity index (χ2n) is 8.51. The molecule has 1 aliphatic rings. The van der Waals surface area contributed by atoms with Gasteiger partial charge in [0, 0.05) is 6.54 Å². The number of nitrogens with zero attached hydrogens (tertiary/aromatic N) is 2. The van der Waals surface area contributed by atoms with Crippen molar-refractivity contribution in [3.63, 3.8) is 0 Å². The molecule has 2 aromatic carbocycles. The fourth-order valence-electron chi connectivity index (χ4n) is 4.37. The van der Waals surface area contributed by atoms with Crippen molar-refractivity contribution in [3.05, 3.63) is 70.3 Å². The lowest BCUT2D eigenvalue weighted by Crippen LogP contribution is -2.33. The number of ketones is 1. The van der Waals surface area contributed by atoms with Gasteiger partial charge in [0.25, 0.3) is 11.7 Å². The Balaban J connectivity index is 2.08. The monoisotopic (exact) mass is 480 g/mol. The van der Waals surface area contributed by atoms with E-state index in [4.69, 9.17) is 4.74 Å². The normalized spacial score (nSPS) is 17.3. The number of methoxy groups -OCH3 is 1. The first-order valence-electron chi connectivity index (χ1n) is 11.7. The first-order valence-corrected chi connectivity index (χ1v) is 11.7. The van der Waals surface area contributed by atoms with Crippen molar-refractivity contribution in [2.24, 2.45) is 0 Å². The van der Waals surface area contributed by atoms with E-state index in [2.05, 4.69) is 18.7 Å². The third kappa shape index (κ3) is 5.38. The number of ether oxygens (including phenoxy) is 1. The van der Waals surface area contributed by atoms with E-state index < -0.39 is 29.5 Å². The van der Waals surface area contributed by atoms with Gasteiger partial charge < -0.3 is 24.7 Å². The van der Waals surface area contributed by atoms with Crippen LogP contribution in [0.5, 0.6) is 5.75 Å². The molecule has 0 aromatic heterocycles. The van der Waals surface area contributed by atoms with Crippen LogP contribution in [-0.2, 0) is 14.3 Å². The lowest BCUT2D eigenvalue weighted by atomic mass is 9.94. The summed E-state index contributed by atoms with van der Waals surface area (Å²) in [7, 11) is 1.29. The third-order valence-corrected chi connectivity index (χ3v) is 6.36. The molecule has 35 heavy (non-hydrogen) atoms. The van der Waals surface area contributed by atoms with Gasteiger partial charge >= 0.3 is 5.97 Å². The molecule has 1 saturated heterocycles. The van der Waals surface area contributed by atoms with Gasteiger partial charge in [-0.25, -0.2) is 4.79 Å². The molecule has 0 radical (unpaired) electrons. The maximum absolute atomic E-state index is 13.2. The second-order valence-corrected chi connectivity index (χ2v) is 8.51. The number of amides is 1. The molecule has 8 nitrogen and oxygen atoms in total. The van der Waals surface area contributed by atoms with Gasteiger partial charge in [-0.15, -0.1) is 0 Å². The molecule has 1 fully saturated rings. The summed E-state index contributed by atoms with van der Waals surface area (Å²) in [5, 5.41) is 21.5. The molecule has 3 rings (SSSR count). The molecule has 0 saturated carbocycles. The maximum atomic E-state index is 13.2. The number of likely N-dealkylation sites (tertiary alicyclic amines) is 1. The lowest BCUT2D eigenvalue weighted by molar-refractivity contribution is -0.140. The van der Waals surface area contributed by atoms with Gasteiger partial charge in [0.05, 0.1) is 29.9 Å². The standard InChI is InChI=1S/C27H32N2O6/c1-5-28(6-2)14-7-15-29-23(18-9-11-19(12-10-18)27(34)35-4)22(25(32)26(29)33)24(31)20-16-17(3)8-13-21(20)30/h8-13,16,23,30-31H,5-7,14-15H2,1-4H3/b24-22+. The number of Topliss-reactive ketones (excluding diaryl/α,β-unsaturated/α-hetero) is 1. The number of esters is 1. The summed E-state index contributed by atoms with van der Waals surface area (Å²) in [4.78, 5) is 41.8. The second kappa shape index (κ2) is 11.2. The number of aryl methyl sites for hydroxylation is 1. The zero-order valence-corrected chi connectivity index (χ0v) is 20.6. The topological polar surface area (TPSA) is 107 Å². The summed E-state index contributed by atoms with van der Waals surface area (Å²) in [6, 6.07) is 10.2. The molecule has 2 aromatic rings. The third-order valence-electron chi connectivity index (χ3n) is 6.36. The van der Waals surface area contributed by atoms with Gasteiger partial charge in [-0.2, -0.15) is 0 Å². The van der Waals surface area contributed by atoms with Crippen molar-refractivity contribution >= 4 is 23.4 Å². The molecule has 1 atom stereocenters. The van der Waals surface area contributed by atoms with E-state index in [-0.39, 0.29) is 16.9 Å². The van der Waals surface area contributed by atoms with Crippen LogP contribution < -0.4 is 0 Å². The molecule has 0 bridgehead atoms. The molecule has 1 heterocycles. The number of aromatic hydroxyl groups is 1. The number of carbonyl (C=O) groups excluding carboxylic acids is 3. The first-order chi connectivity index (χ1) is 16.7. The van der Waals surface area contributed by atoms with Crippen LogP contribution in [0.15, 0.2) is 48.0 Å². The first kappa shape index (κ1) is 26.0. The summed E-state index contributed by atoms with van der Waals surface area (Å²) in [6.45, 7) is 8.73. The minimum Gasteiger partial charge on any atom is -0.507 e. The van der Waals surface area contributed by atoms with Gasteiger partial charge in [0.2, 0.25) is 0 Å². The highest BCUT2D eigenvalue weighted by molar-refractivity contribution is 6.46. The van der Waals surface area contributed by atoms with Crippen molar-refractivity contribution in [1.29, 1.82) is 0 Å². The number of aliphatic hydroxyl groups is 1. The van der Waals surface area contributed by atoms with Gasteiger partial charge in [-0.1, -0.05) is 37.6 Å². The summed E-state index contributed by atoms with van der Waals surface area (Å²) in [5.74, 6) is -2.65. The molecule has 186 valence electrons. The Morgan fingerprint density at radius 2 is 1.74 bits per heavy atom. The molecule has 1 amide bonds. The number of carbonyl (C=O) groups is 3. The van der Waals surface area contributed by atoms with Crippen LogP contribution in [0.3, 0.4) is 0 Å². The molecule has 8 heteroatoms. The highest BCUT2D eigenvalue weighted by Gasteiger charge is 2.46. The van der Waals surface area contributed by atoms with Gasteiger partial charge in [0.1, 0.15) is 11.5 Å². The van der Waals surface area contributed by atoms with Crippen molar-refractivity contribution in [2.45, 2.75) is 33.2 Å². The average molecular weight is 481 g/mol. The number of hydrogen-bond donors (Lipinski definition) is 2. The molecular weight excluding hydrogens is 448 g/mol. The molecule has 0 spiro atoms. The molecule has 0 aliphatic carbocycles. The van der Waals surface area contributed by atoms with Crippen LogP contribution in [-0.4, -0.2) is 71.0 Å². The lowest BCUT2D eigenvalue weighted by Gasteiger charge is -2.27. The molecule has 1 aliphatic heterocycles. The quantitative estimate of drug-likeness (QED) is 0.244. The number of hydrogen-bond acceptors (Lipinski definition) is 7. The van der Waals surface area contributed by atoms with E-state index in [1.807, 2.05) is 0 Å². The zero-order chi connectivity index (χ0) is 25.7. The Labute approximate surface area is 205 Å². The van der Waals surface area contributed by atoms with Crippen LogP contribution in [0.1, 0.15) is 53.4 Å². The highest BCUT2D eigenvalue weighted by atomic mass is 16.5. The van der Waals surface area contributed by atoms with Crippen LogP contribution in [0.4, 0.5) is 0 Å². The van der Waals surface area contributed by atoms with E-state index in [9.17, 15) is 24.6 Å². The van der Waals surface area contributed by atoms with Crippen LogP contribution in [0.25, 0.3) is 5.76 Å². The number of rotatable bonds is 9. The zero-order valence-electron chi connectivity index (χ0n) is 20.6. The maximum Gasteiger partial charge on any atom is 0.337 e. The summed E-state index contributed by atoms with van der Waals surface area (Å²) in [5.41, 5.74) is 1.66. The average Bonchev–Trinajstić information content (AvgIpc) is 3.12. The van der Waals surface area contributed by atoms with E-state index in [0.717, 1.165) is 25.2 Å². The van der Waals surface area contributed by atoms with Crippen LogP contribution in [0, 0.1) is 6.92 Å². The molecule has 1 unspecified atom stereocenters. The molecular formula is C27H32N2O6. The van der Waals surface area contributed by atoms with Crippen LogP contribution >= 0.6 is 0 Å². The fourth-order valence-corrected chi connectivity index (χ4v) is 4.37. The van der Waals surface area contributed by atoms with Gasteiger partial charge in [-0.3, -0.25) is 9.59 Å². The Kier molecular flexibility index (Phi) is 8.30. The van der Waals surface area contributed by atoms with Crippen molar-refractivity contribution < 1.29 is 29.3 Å². The van der Waals surface area contributed by atoms with Crippen molar-refractivity contribution in [2.75, 3.05) is 33.3 Å². The molecule has 2 N–H and O–H groups in total. The van der Waals surface area contributed by atoms with E-state index in [0.29, 0.717) is 24.1 Å². The van der Waals surface area contributed by atoms with Crippen LogP contribution in [0.2, 0.25) is 0 Å². The fraction of sp³-hybridized carbons (Fsp3) is 0.370. The predicted octanol–water partition coefficient (Wildman–Crippen LogP) is 3.64. The summed E-state index contributed by atoms with van der Waals surface area (Å²) < 4.78 is 4.76. The van der Waals surface area contributed by atoms with Crippen molar-refractivity contribution in [3.8, 4) is 5.75 Å². The minimum absolute atomic E-state index is 0.0855. The minimum atomic E-state index is -0.863. The number of phenolic OH excluding ortho intramolecular Hbond substituents is 1. The van der Waals surface area contributed by atoms with E-state index >= 15 is 0 Å².